The van der Waals surface area contributed by atoms with Crippen molar-refractivity contribution in [3.05, 3.63) is 44.0 Å². The maximum atomic E-state index is 13.1. The Labute approximate surface area is 159 Å². The van der Waals surface area contributed by atoms with Crippen molar-refractivity contribution in [1.82, 2.24) is 29.6 Å². The van der Waals surface area contributed by atoms with Gasteiger partial charge in [0.1, 0.15) is 11.2 Å². The molecule has 142 valence electrons. The van der Waals surface area contributed by atoms with Crippen LogP contribution in [0, 0.1) is 12.8 Å². The molecule has 1 unspecified atom stereocenters. The third kappa shape index (κ3) is 3.54. The molecule has 0 spiro atoms. The Morgan fingerprint density at radius 1 is 1.48 bits per heavy atom. The number of aryl methyl sites for hydroxylation is 1. The highest BCUT2D eigenvalue weighted by molar-refractivity contribution is 7.16. The lowest BCUT2D eigenvalue weighted by atomic mass is 10.3. The highest BCUT2D eigenvalue weighted by Crippen LogP contribution is 2.49. The van der Waals surface area contributed by atoms with Gasteiger partial charge in [-0.25, -0.2) is 27.8 Å². The van der Waals surface area contributed by atoms with E-state index in [4.69, 9.17) is 0 Å². The normalized spacial score (nSPS) is 17.8. The minimum Gasteiger partial charge on any atom is -0.346 e. The Morgan fingerprint density at radius 2 is 2.26 bits per heavy atom. The van der Waals surface area contributed by atoms with Crippen molar-refractivity contribution in [1.29, 1.82) is 0 Å². The van der Waals surface area contributed by atoms with Gasteiger partial charge in [0.05, 0.1) is 24.3 Å². The molecule has 12 heteroatoms. The maximum absolute atomic E-state index is 13.1. The fraction of sp³-hybridized carbons (Fsp3) is 0.400. The van der Waals surface area contributed by atoms with Crippen molar-refractivity contribution in [2.45, 2.75) is 32.4 Å². The zero-order valence-corrected chi connectivity index (χ0v) is 15.7. The standard InChI is InChI=1S/C15H14F2N6O2S2/c1-8-11(12(24)19-4-10-3-18-7-26-10)27-13(21-8)22-6-20-23(14(22)25)5-9-2-15(9,16)17/h3,6-7,9H,2,4-5H2,1H3,(H,19,24). The van der Waals surface area contributed by atoms with Crippen LogP contribution in [0.4, 0.5) is 8.78 Å². The van der Waals surface area contributed by atoms with E-state index in [0.717, 1.165) is 25.5 Å². The van der Waals surface area contributed by atoms with E-state index in [1.165, 1.54) is 17.7 Å². The number of carbonyl (C=O) groups is 1. The average Bonchev–Trinajstić information content (AvgIpc) is 3.09. The molecule has 1 fully saturated rings. The fourth-order valence-electron chi connectivity index (χ4n) is 2.54. The Balaban J connectivity index is 1.50. The molecule has 1 N–H and O–H groups in total. The third-order valence-electron chi connectivity index (χ3n) is 4.19. The predicted octanol–water partition coefficient (Wildman–Crippen LogP) is 1.84. The van der Waals surface area contributed by atoms with E-state index in [0.29, 0.717) is 17.1 Å². The number of thiazole rings is 2. The number of aromatic nitrogens is 5. The van der Waals surface area contributed by atoms with Crippen molar-refractivity contribution in [2.75, 3.05) is 0 Å². The van der Waals surface area contributed by atoms with Crippen molar-refractivity contribution < 1.29 is 13.6 Å². The lowest BCUT2D eigenvalue weighted by Crippen LogP contribution is -2.25. The lowest BCUT2D eigenvalue weighted by molar-refractivity contribution is 0.0936. The molecule has 1 atom stereocenters. The summed E-state index contributed by atoms with van der Waals surface area (Å²) in [6, 6.07) is 0. The zero-order chi connectivity index (χ0) is 19.2. The number of nitrogens with one attached hydrogen (secondary N) is 1. The van der Waals surface area contributed by atoms with Crippen molar-refractivity contribution in [3.63, 3.8) is 0 Å². The van der Waals surface area contributed by atoms with Gasteiger partial charge in [-0.3, -0.25) is 9.78 Å². The Bertz CT molecular complexity index is 1040. The van der Waals surface area contributed by atoms with Crippen LogP contribution in [0.25, 0.3) is 5.13 Å². The quantitative estimate of drug-likeness (QED) is 0.667. The average molecular weight is 412 g/mol. The van der Waals surface area contributed by atoms with Gasteiger partial charge in [-0.2, -0.15) is 5.10 Å². The number of hydrogen-bond donors (Lipinski definition) is 1. The number of hydrogen-bond acceptors (Lipinski definition) is 7. The molecule has 1 aliphatic carbocycles. The summed E-state index contributed by atoms with van der Waals surface area (Å²) in [4.78, 5) is 34.3. The minimum atomic E-state index is -2.72. The molecule has 0 bridgehead atoms. The van der Waals surface area contributed by atoms with E-state index in [2.05, 4.69) is 20.4 Å². The van der Waals surface area contributed by atoms with E-state index in [1.54, 1.807) is 18.6 Å². The number of alkyl halides is 2. The summed E-state index contributed by atoms with van der Waals surface area (Å²) >= 11 is 2.48. The van der Waals surface area contributed by atoms with Gasteiger partial charge in [0.15, 0.2) is 5.13 Å². The second-order valence-electron chi connectivity index (χ2n) is 6.19. The highest BCUT2D eigenvalue weighted by atomic mass is 32.1. The van der Waals surface area contributed by atoms with E-state index >= 15 is 0 Å². The smallest absolute Gasteiger partial charge is 0.346 e. The first-order valence-electron chi connectivity index (χ1n) is 8.01. The number of rotatable bonds is 6. The number of nitrogens with zero attached hydrogens (tertiary/aromatic N) is 5. The summed E-state index contributed by atoms with van der Waals surface area (Å²) in [6.07, 6.45) is 2.68. The Morgan fingerprint density at radius 3 is 2.93 bits per heavy atom. The molecule has 1 saturated carbocycles. The van der Waals surface area contributed by atoms with E-state index in [-0.39, 0.29) is 24.0 Å². The first kappa shape index (κ1) is 17.9. The summed E-state index contributed by atoms with van der Waals surface area (Å²) in [7, 11) is 0. The number of carbonyl (C=O) groups excluding carboxylic acids is 1. The molecule has 3 heterocycles. The monoisotopic (exact) mass is 412 g/mol. The molecule has 0 radical (unpaired) electrons. The molecular weight excluding hydrogens is 398 g/mol. The van der Waals surface area contributed by atoms with Crippen molar-refractivity contribution >= 4 is 28.6 Å². The lowest BCUT2D eigenvalue weighted by Gasteiger charge is -2.01. The van der Waals surface area contributed by atoms with Crippen LogP contribution < -0.4 is 11.0 Å². The van der Waals surface area contributed by atoms with Gasteiger partial charge in [-0.05, 0) is 6.92 Å². The van der Waals surface area contributed by atoms with Gasteiger partial charge in [-0.1, -0.05) is 11.3 Å². The van der Waals surface area contributed by atoms with Gasteiger partial charge in [0.25, 0.3) is 11.8 Å². The summed E-state index contributed by atoms with van der Waals surface area (Å²) in [5.41, 5.74) is 1.60. The van der Waals surface area contributed by atoms with Crippen LogP contribution >= 0.6 is 22.7 Å². The summed E-state index contributed by atoms with van der Waals surface area (Å²) < 4.78 is 28.3. The summed E-state index contributed by atoms with van der Waals surface area (Å²) in [6.45, 7) is 1.89. The van der Waals surface area contributed by atoms with Gasteiger partial charge in [0.2, 0.25) is 0 Å². The third-order valence-corrected chi connectivity index (χ3v) is 6.12. The van der Waals surface area contributed by atoms with Crippen LogP contribution in [0.15, 0.2) is 22.8 Å². The largest absolute Gasteiger partial charge is 0.352 e. The molecule has 3 aromatic heterocycles. The van der Waals surface area contributed by atoms with Gasteiger partial charge < -0.3 is 5.32 Å². The number of halogens is 2. The Hall–Kier alpha value is -2.47. The van der Waals surface area contributed by atoms with Gasteiger partial charge in [0, 0.05) is 23.4 Å². The zero-order valence-electron chi connectivity index (χ0n) is 14.1. The number of amides is 1. The minimum absolute atomic E-state index is 0.134. The molecule has 4 rings (SSSR count). The highest BCUT2D eigenvalue weighted by Gasteiger charge is 2.57. The van der Waals surface area contributed by atoms with Crippen molar-refractivity contribution in [3.8, 4) is 5.13 Å². The second-order valence-corrected chi connectivity index (χ2v) is 8.14. The molecule has 27 heavy (non-hydrogen) atoms. The van der Waals surface area contributed by atoms with E-state index in [9.17, 15) is 18.4 Å². The predicted molar refractivity (Wildman–Crippen MR) is 94.6 cm³/mol. The molecule has 0 aromatic carbocycles. The molecule has 0 saturated heterocycles. The van der Waals surface area contributed by atoms with Crippen LogP contribution in [-0.4, -0.2) is 36.1 Å². The van der Waals surface area contributed by atoms with Gasteiger partial charge >= 0.3 is 5.69 Å². The van der Waals surface area contributed by atoms with Crippen LogP contribution in [0.1, 0.15) is 26.7 Å². The first-order chi connectivity index (χ1) is 12.8. The van der Waals surface area contributed by atoms with Crippen LogP contribution in [-0.2, 0) is 13.1 Å². The molecule has 1 aliphatic rings. The molecule has 3 aromatic rings. The van der Waals surface area contributed by atoms with Crippen molar-refractivity contribution in [2.24, 2.45) is 5.92 Å². The molecule has 0 aliphatic heterocycles. The van der Waals surface area contributed by atoms with Crippen LogP contribution in [0.5, 0.6) is 0 Å². The second kappa shape index (κ2) is 6.60. The Kier molecular flexibility index (Phi) is 4.38. The molecule has 1 amide bonds. The molecule has 8 nitrogen and oxygen atoms in total. The maximum Gasteiger partial charge on any atom is 0.352 e. The summed E-state index contributed by atoms with van der Waals surface area (Å²) in [5.74, 6) is -3.88. The SMILES string of the molecule is Cc1nc(-n2cnn(CC3CC3(F)F)c2=O)sc1C(=O)NCc1cncs1. The summed E-state index contributed by atoms with van der Waals surface area (Å²) in [5, 5.41) is 6.94. The molecular formula is C15H14F2N6O2S2. The van der Waals surface area contributed by atoms with E-state index < -0.39 is 17.5 Å². The fourth-order valence-corrected chi connectivity index (χ4v) is 4.02. The topological polar surface area (TPSA) is 94.7 Å². The van der Waals surface area contributed by atoms with Crippen LogP contribution in [0.2, 0.25) is 0 Å². The van der Waals surface area contributed by atoms with Crippen LogP contribution in [0.3, 0.4) is 0 Å². The van der Waals surface area contributed by atoms with E-state index in [1.807, 2.05) is 0 Å². The first-order valence-corrected chi connectivity index (χ1v) is 9.70. The van der Waals surface area contributed by atoms with Gasteiger partial charge in [-0.15, -0.1) is 11.3 Å².